The molecule has 1 aromatic heterocycles. The fraction of sp³-hybridized carbons (Fsp3) is 0.583. The van der Waals surface area contributed by atoms with Gasteiger partial charge in [-0.05, 0) is 77.8 Å². The number of sulfonamides is 1. The zero-order valence-corrected chi connectivity index (χ0v) is 30.4. The maximum Gasteiger partial charge on any atom is 0.408 e. The summed E-state index contributed by atoms with van der Waals surface area (Å²) in [5.74, 6) is -2.79. The first-order valence-electron chi connectivity index (χ1n) is 17.8. The van der Waals surface area contributed by atoms with Crippen LogP contribution in [-0.2, 0) is 36.2 Å². The van der Waals surface area contributed by atoms with Crippen molar-refractivity contribution in [2.45, 2.75) is 113 Å². The molecule has 3 fully saturated rings. The molecule has 2 aliphatic heterocycles. The van der Waals surface area contributed by atoms with Crippen LogP contribution < -0.4 is 20.7 Å². The Morgan fingerprint density at radius 1 is 1.02 bits per heavy atom. The van der Waals surface area contributed by atoms with Crippen LogP contribution in [0.2, 0.25) is 0 Å². The van der Waals surface area contributed by atoms with E-state index in [0.29, 0.717) is 37.8 Å². The van der Waals surface area contributed by atoms with Gasteiger partial charge in [0.25, 0.3) is 11.8 Å². The third-order valence-electron chi connectivity index (χ3n) is 10.1. The van der Waals surface area contributed by atoms with E-state index in [9.17, 15) is 32.4 Å². The van der Waals surface area contributed by atoms with Gasteiger partial charge in [-0.15, -0.1) is 0 Å². The van der Waals surface area contributed by atoms with Gasteiger partial charge in [-0.2, -0.15) is 0 Å². The number of rotatable bonds is 6. The summed E-state index contributed by atoms with van der Waals surface area (Å²) in [4.78, 5) is 70.1. The van der Waals surface area contributed by atoms with E-state index in [0.717, 1.165) is 23.7 Å². The van der Waals surface area contributed by atoms with Crippen LogP contribution in [0.5, 0.6) is 0 Å². The molecule has 2 saturated carbocycles. The first-order chi connectivity index (χ1) is 24.1. The Balaban J connectivity index is 1.28. The number of alkyl carbamates (subject to hydrolysis) is 1. The second-order valence-corrected chi connectivity index (χ2v) is 17.2. The minimum atomic E-state index is -3.89. The Labute approximate surface area is 298 Å². The molecule has 1 saturated heterocycles. The molecule has 5 atom stereocenters. The van der Waals surface area contributed by atoms with Crippen LogP contribution in [0.4, 0.5) is 4.79 Å². The fourth-order valence-corrected chi connectivity index (χ4v) is 8.48. The van der Waals surface area contributed by atoms with Crippen molar-refractivity contribution in [2.24, 2.45) is 13.0 Å². The molecule has 1 aromatic carbocycles. The number of nitrogens with zero attached hydrogens (tertiary/aromatic N) is 2. The standard InChI is InChI=1S/C36H48N6O8S/c1-35(2,3)50-34(47)38-26-14-9-7-5-6-8-13-23-20-36(23,33(46)40-51(48,49)25-16-17-25)39-31(44)29-19-24(21-42(29)32(26)45)37-30(43)28-18-22-12-10-11-15-27(22)41(28)4/h8,10-13,15,18,23-26,29H,5-7,9,14,16-17,19-21H2,1-4H3,(H,37,43)(H,38,47)(H,39,44)(H,40,46)/t23-,24-,26+,29+,36-/m1/s1. The SMILES string of the molecule is Cn1c(C(=O)N[C@@H]2C[C@H]3C(=O)N[C@]4(C(=O)NS(=O)(=O)C5CC5)C[C@H]4C=CCCCCC[C@H](NC(=O)OC(C)(C)C)C(=O)N3C2)cc2ccccc21. The third kappa shape index (κ3) is 8.08. The van der Waals surface area contributed by atoms with E-state index in [-0.39, 0.29) is 25.3 Å². The monoisotopic (exact) mass is 724 g/mol. The Hall–Kier alpha value is -4.40. The number of hydrogen-bond donors (Lipinski definition) is 4. The number of hydrogen-bond acceptors (Lipinski definition) is 8. The maximum absolute atomic E-state index is 14.3. The molecule has 15 heteroatoms. The first kappa shape index (κ1) is 36.4. The van der Waals surface area contributed by atoms with Gasteiger partial charge in [-0.1, -0.05) is 43.2 Å². The van der Waals surface area contributed by atoms with Crippen LogP contribution in [0.3, 0.4) is 0 Å². The number of carbonyl (C=O) groups excluding carboxylic acids is 5. The summed E-state index contributed by atoms with van der Waals surface area (Å²) in [6, 6.07) is 6.56. The molecule has 4 aliphatic rings. The molecule has 14 nitrogen and oxygen atoms in total. The molecule has 0 radical (unpaired) electrons. The van der Waals surface area contributed by atoms with Crippen molar-refractivity contribution in [3.05, 3.63) is 48.2 Å². The van der Waals surface area contributed by atoms with E-state index >= 15 is 0 Å². The summed E-state index contributed by atoms with van der Waals surface area (Å²) in [7, 11) is -2.11. The number of aromatic nitrogens is 1. The lowest BCUT2D eigenvalue weighted by Crippen LogP contribution is -2.58. The van der Waals surface area contributed by atoms with Crippen molar-refractivity contribution in [3.63, 3.8) is 0 Å². The Bertz CT molecular complexity index is 1860. The molecule has 4 N–H and O–H groups in total. The summed E-state index contributed by atoms with van der Waals surface area (Å²) in [5, 5.41) is 8.80. The largest absolute Gasteiger partial charge is 0.444 e. The highest BCUT2D eigenvalue weighted by molar-refractivity contribution is 7.91. The van der Waals surface area contributed by atoms with Crippen molar-refractivity contribution in [2.75, 3.05) is 6.54 Å². The predicted octanol–water partition coefficient (Wildman–Crippen LogP) is 2.77. The van der Waals surface area contributed by atoms with Crippen LogP contribution in [0.25, 0.3) is 10.9 Å². The molecule has 51 heavy (non-hydrogen) atoms. The van der Waals surface area contributed by atoms with Gasteiger partial charge in [-0.3, -0.25) is 23.9 Å². The molecule has 3 heterocycles. The highest BCUT2D eigenvalue weighted by atomic mass is 32.2. The molecular formula is C36H48N6O8S. The molecule has 6 rings (SSSR count). The van der Waals surface area contributed by atoms with Crippen molar-refractivity contribution in [1.82, 2.24) is 30.1 Å². The van der Waals surface area contributed by atoms with E-state index in [4.69, 9.17) is 4.74 Å². The van der Waals surface area contributed by atoms with Crippen molar-refractivity contribution >= 4 is 50.6 Å². The number of amides is 5. The zero-order valence-electron chi connectivity index (χ0n) is 29.6. The second-order valence-electron chi connectivity index (χ2n) is 15.3. The molecule has 5 amide bonds. The third-order valence-corrected chi connectivity index (χ3v) is 11.9. The van der Waals surface area contributed by atoms with Gasteiger partial charge in [-0.25, -0.2) is 13.2 Å². The van der Waals surface area contributed by atoms with Crippen LogP contribution in [0.1, 0.15) is 89.0 Å². The Morgan fingerprint density at radius 3 is 2.47 bits per heavy atom. The average Bonchev–Trinajstić information content (AvgIpc) is 3.96. The normalized spacial score (nSPS) is 27.3. The smallest absolute Gasteiger partial charge is 0.408 e. The van der Waals surface area contributed by atoms with E-state index in [1.807, 2.05) is 36.4 Å². The van der Waals surface area contributed by atoms with Crippen LogP contribution in [0.15, 0.2) is 42.5 Å². The van der Waals surface area contributed by atoms with Gasteiger partial charge in [0, 0.05) is 36.5 Å². The predicted molar refractivity (Wildman–Crippen MR) is 189 cm³/mol. The van der Waals surface area contributed by atoms with E-state index in [1.165, 1.54) is 4.90 Å². The lowest BCUT2D eigenvalue weighted by molar-refractivity contribution is -0.141. The topological polar surface area (TPSA) is 185 Å². The number of carbonyl (C=O) groups is 5. The van der Waals surface area contributed by atoms with Gasteiger partial charge in [0.1, 0.15) is 28.9 Å². The van der Waals surface area contributed by atoms with Crippen molar-refractivity contribution in [3.8, 4) is 0 Å². The average molecular weight is 725 g/mol. The lowest BCUT2D eigenvalue weighted by atomic mass is 10.0. The number of nitrogens with one attached hydrogen (secondary N) is 4. The quantitative estimate of drug-likeness (QED) is 0.328. The molecule has 0 unspecified atom stereocenters. The summed E-state index contributed by atoms with van der Waals surface area (Å²) in [5.41, 5.74) is -1.05. The Morgan fingerprint density at radius 2 is 1.76 bits per heavy atom. The van der Waals surface area contributed by atoms with E-state index in [2.05, 4.69) is 20.7 Å². The van der Waals surface area contributed by atoms with Gasteiger partial charge in [0.05, 0.1) is 5.25 Å². The van der Waals surface area contributed by atoms with E-state index in [1.54, 1.807) is 38.5 Å². The molecule has 2 aromatic rings. The van der Waals surface area contributed by atoms with Gasteiger partial charge in [0.15, 0.2) is 0 Å². The van der Waals surface area contributed by atoms with Crippen molar-refractivity contribution < 1.29 is 37.1 Å². The summed E-state index contributed by atoms with van der Waals surface area (Å²) in [6.45, 7) is 5.12. The number of aryl methyl sites for hydroxylation is 1. The van der Waals surface area contributed by atoms with Crippen LogP contribution >= 0.6 is 0 Å². The maximum atomic E-state index is 14.3. The highest BCUT2D eigenvalue weighted by Crippen LogP contribution is 2.46. The number of ether oxygens (including phenoxy) is 1. The number of fused-ring (bicyclic) bond motifs is 3. The fourth-order valence-electron chi connectivity index (χ4n) is 7.12. The van der Waals surface area contributed by atoms with E-state index < -0.39 is 74.3 Å². The van der Waals surface area contributed by atoms with Crippen LogP contribution in [0, 0.1) is 5.92 Å². The molecule has 0 bridgehead atoms. The summed E-state index contributed by atoms with van der Waals surface area (Å²) in [6.07, 6.45) is 7.32. The zero-order chi connectivity index (χ0) is 36.7. The number of para-hydroxylation sites is 1. The summed E-state index contributed by atoms with van der Waals surface area (Å²) >= 11 is 0. The van der Waals surface area contributed by atoms with Gasteiger partial charge in [0.2, 0.25) is 21.8 Å². The van der Waals surface area contributed by atoms with Crippen LogP contribution in [-0.4, -0.2) is 88.7 Å². The lowest BCUT2D eigenvalue weighted by Gasteiger charge is -2.30. The summed E-state index contributed by atoms with van der Waals surface area (Å²) < 4.78 is 35.0. The highest BCUT2D eigenvalue weighted by Gasteiger charge is 2.62. The molecular weight excluding hydrogens is 676 g/mol. The minimum absolute atomic E-state index is 0.0301. The van der Waals surface area contributed by atoms with Gasteiger partial charge >= 0.3 is 6.09 Å². The first-order valence-corrected chi connectivity index (χ1v) is 19.3. The molecule has 2 aliphatic carbocycles. The molecule has 0 spiro atoms. The number of allylic oxidation sites excluding steroid dienone is 1. The second kappa shape index (κ2) is 14.0. The van der Waals surface area contributed by atoms with Gasteiger partial charge < -0.3 is 30.2 Å². The number of benzene rings is 1. The van der Waals surface area contributed by atoms with Crippen molar-refractivity contribution in [1.29, 1.82) is 0 Å². The Kier molecular flexibility index (Phi) is 9.96. The minimum Gasteiger partial charge on any atom is -0.444 e. The molecule has 276 valence electrons.